The van der Waals surface area contributed by atoms with E-state index in [9.17, 15) is 10.1 Å². The molecule has 1 unspecified atom stereocenters. The lowest BCUT2D eigenvalue weighted by Gasteiger charge is -2.21. The SMILES string of the molecule is CCC(NC(=O)/C(C#N)=C\Nc1ccc(Oc2ccccc2)cc1)c1ccc2c(c1)CCCC2. The molecular weight excluding hydrogens is 422 g/mol. The summed E-state index contributed by atoms with van der Waals surface area (Å²) in [5, 5.41) is 15.6. The number of rotatable bonds is 8. The number of nitriles is 1. The first-order valence-electron chi connectivity index (χ1n) is 11.8. The van der Waals surface area contributed by atoms with Gasteiger partial charge in [-0.25, -0.2) is 0 Å². The molecule has 3 aromatic rings. The highest BCUT2D eigenvalue weighted by molar-refractivity contribution is 5.97. The van der Waals surface area contributed by atoms with Gasteiger partial charge in [-0.05, 0) is 85.2 Å². The van der Waals surface area contributed by atoms with Crippen LogP contribution in [0.25, 0.3) is 0 Å². The highest BCUT2D eigenvalue weighted by atomic mass is 16.5. The molecule has 0 fully saturated rings. The Morgan fingerprint density at radius 1 is 1.00 bits per heavy atom. The lowest BCUT2D eigenvalue weighted by Crippen LogP contribution is -2.29. The van der Waals surface area contributed by atoms with Crippen molar-refractivity contribution in [2.45, 2.75) is 45.1 Å². The van der Waals surface area contributed by atoms with Gasteiger partial charge in [-0.3, -0.25) is 4.79 Å². The highest BCUT2D eigenvalue weighted by Crippen LogP contribution is 2.26. The van der Waals surface area contributed by atoms with Crippen molar-refractivity contribution in [3.8, 4) is 17.6 Å². The van der Waals surface area contributed by atoms with Crippen LogP contribution in [0.2, 0.25) is 0 Å². The van der Waals surface area contributed by atoms with Gasteiger partial charge in [-0.1, -0.05) is 43.3 Å². The van der Waals surface area contributed by atoms with Crippen molar-refractivity contribution >= 4 is 11.6 Å². The zero-order valence-corrected chi connectivity index (χ0v) is 19.4. The summed E-state index contributed by atoms with van der Waals surface area (Å²) in [6.45, 7) is 2.04. The standard InChI is InChI=1S/C29H29N3O2/c1-2-28(23-13-12-21-8-6-7-9-22(21)18-23)32-29(33)24(19-30)20-31-25-14-16-27(17-15-25)34-26-10-4-3-5-11-26/h3-5,10-18,20,28,31H,2,6-9H2,1H3,(H,32,33)/b24-20-. The van der Waals surface area contributed by atoms with E-state index in [-0.39, 0.29) is 17.5 Å². The molecule has 0 spiro atoms. The Morgan fingerprint density at radius 2 is 1.71 bits per heavy atom. The van der Waals surface area contributed by atoms with Crippen LogP contribution in [0.3, 0.4) is 0 Å². The number of para-hydroxylation sites is 1. The molecule has 1 amide bonds. The topological polar surface area (TPSA) is 74.2 Å². The molecule has 0 heterocycles. The van der Waals surface area contributed by atoms with Crippen molar-refractivity contribution in [3.63, 3.8) is 0 Å². The third-order valence-corrected chi connectivity index (χ3v) is 6.07. The highest BCUT2D eigenvalue weighted by Gasteiger charge is 2.18. The zero-order valence-electron chi connectivity index (χ0n) is 19.4. The second-order valence-corrected chi connectivity index (χ2v) is 8.42. The Kier molecular flexibility index (Phi) is 7.62. The molecule has 3 aromatic carbocycles. The van der Waals surface area contributed by atoms with Gasteiger partial charge in [-0.2, -0.15) is 5.26 Å². The fraction of sp³-hybridized carbons (Fsp3) is 0.241. The number of ether oxygens (including phenoxy) is 1. The molecule has 0 saturated carbocycles. The van der Waals surface area contributed by atoms with Crippen LogP contribution in [0.15, 0.2) is 84.6 Å². The largest absolute Gasteiger partial charge is 0.457 e. The number of benzene rings is 3. The second kappa shape index (κ2) is 11.2. The average Bonchev–Trinajstić information content (AvgIpc) is 2.89. The Bertz CT molecular complexity index is 1190. The van der Waals surface area contributed by atoms with Gasteiger partial charge in [0.15, 0.2) is 0 Å². The lowest BCUT2D eigenvalue weighted by molar-refractivity contribution is -0.117. The Balaban J connectivity index is 1.38. The number of carbonyl (C=O) groups excluding carboxylic acids is 1. The van der Waals surface area contributed by atoms with Gasteiger partial charge in [-0.15, -0.1) is 0 Å². The molecule has 5 heteroatoms. The van der Waals surface area contributed by atoms with E-state index in [0.717, 1.165) is 36.3 Å². The number of fused-ring (bicyclic) bond motifs is 1. The van der Waals surface area contributed by atoms with E-state index in [0.29, 0.717) is 5.75 Å². The van der Waals surface area contributed by atoms with Gasteiger partial charge in [0.2, 0.25) is 0 Å². The first kappa shape index (κ1) is 23.1. The van der Waals surface area contributed by atoms with Crippen LogP contribution < -0.4 is 15.4 Å². The van der Waals surface area contributed by atoms with Crippen LogP contribution >= 0.6 is 0 Å². The number of hydrogen-bond acceptors (Lipinski definition) is 4. The monoisotopic (exact) mass is 451 g/mol. The number of aryl methyl sites for hydroxylation is 2. The van der Waals surface area contributed by atoms with E-state index in [2.05, 4.69) is 28.8 Å². The Hall–Kier alpha value is -4.04. The summed E-state index contributed by atoms with van der Waals surface area (Å²) in [4.78, 5) is 12.8. The van der Waals surface area contributed by atoms with E-state index >= 15 is 0 Å². The maximum Gasteiger partial charge on any atom is 0.263 e. The van der Waals surface area contributed by atoms with Crippen LogP contribution in [0.1, 0.15) is 48.9 Å². The number of nitrogens with one attached hydrogen (secondary N) is 2. The third kappa shape index (κ3) is 5.85. The maximum atomic E-state index is 12.8. The smallest absolute Gasteiger partial charge is 0.263 e. The minimum Gasteiger partial charge on any atom is -0.457 e. The Labute approximate surface area is 201 Å². The molecule has 172 valence electrons. The van der Waals surface area contributed by atoms with Crippen LogP contribution in [-0.2, 0) is 17.6 Å². The van der Waals surface area contributed by atoms with Gasteiger partial charge in [0.05, 0.1) is 6.04 Å². The van der Waals surface area contributed by atoms with Crippen LogP contribution in [0.5, 0.6) is 11.5 Å². The first-order valence-corrected chi connectivity index (χ1v) is 11.8. The molecule has 4 rings (SSSR count). The predicted molar refractivity (Wildman–Crippen MR) is 135 cm³/mol. The molecule has 0 aromatic heterocycles. The zero-order chi connectivity index (χ0) is 23.8. The normalized spacial score (nSPS) is 13.8. The Morgan fingerprint density at radius 3 is 2.41 bits per heavy atom. The summed E-state index contributed by atoms with van der Waals surface area (Å²) >= 11 is 0. The van der Waals surface area contributed by atoms with Crippen LogP contribution in [0.4, 0.5) is 5.69 Å². The molecule has 0 aliphatic heterocycles. The van der Waals surface area contributed by atoms with Crippen molar-refractivity contribution in [1.82, 2.24) is 5.32 Å². The van der Waals surface area contributed by atoms with Crippen molar-refractivity contribution < 1.29 is 9.53 Å². The fourth-order valence-electron chi connectivity index (χ4n) is 4.18. The second-order valence-electron chi connectivity index (χ2n) is 8.42. The van der Waals surface area contributed by atoms with Crippen molar-refractivity contribution in [1.29, 1.82) is 5.26 Å². The first-order chi connectivity index (χ1) is 16.7. The number of nitrogens with zero attached hydrogens (tertiary/aromatic N) is 1. The summed E-state index contributed by atoms with van der Waals surface area (Å²) in [7, 11) is 0. The quantitative estimate of drug-likeness (QED) is 0.305. The number of carbonyl (C=O) groups is 1. The number of amides is 1. The van der Waals surface area contributed by atoms with E-state index < -0.39 is 0 Å². The van der Waals surface area contributed by atoms with Gasteiger partial charge in [0.1, 0.15) is 23.1 Å². The van der Waals surface area contributed by atoms with Crippen molar-refractivity contribution in [3.05, 3.63) is 101 Å². The minimum absolute atomic E-state index is 0.0287. The predicted octanol–water partition coefficient (Wildman–Crippen LogP) is 6.44. The van der Waals surface area contributed by atoms with Gasteiger partial charge >= 0.3 is 0 Å². The van der Waals surface area contributed by atoms with Crippen LogP contribution in [0, 0.1) is 11.3 Å². The molecule has 34 heavy (non-hydrogen) atoms. The molecule has 5 nitrogen and oxygen atoms in total. The number of anilines is 1. The summed E-state index contributed by atoms with van der Waals surface area (Å²) in [5.41, 5.74) is 4.67. The van der Waals surface area contributed by atoms with Crippen molar-refractivity contribution in [2.24, 2.45) is 0 Å². The minimum atomic E-state index is -0.386. The van der Waals surface area contributed by atoms with Crippen LogP contribution in [-0.4, -0.2) is 5.91 Å². The third-order valence-electron chi connectivity index (χ3n) is 6.07. The van der Waals surface area contributed by atoms with Gasteiger partial charge in [0, 0.05) is 11.9 Å². The van der Waals surface area contributed by atoms with E-state index in [1.54, 1.807) is 0 Å². The molecule has 0 saturated heterocycles. The molecule has 1 aliphatic carbocycles. The summed E-state index contributed by atoms with van der Waals surface area (Å²) in [6, 6.07) is 25.3. The van der Waals surface area contributed by atoms with E-state index in [4.69, 9.17) is 4.74 Å². The van der Waals surface area contributed by atoms with Gasteiger partial charge < -0.3 is 15.4 Å². The molecular formula is C29H29N3O2. The molecule has 1 atom stereocenters. The molecule has 1 aliphatic rings. The number of hydrogen-bond donors (Lipinski definition) is 2. The molecule has 0 radical (unpaired) electrons. The maximum absolute atomic E-state index is 12.8. The van der Waals surface area contributed by atoms with E-state index in [1.165, 1.54) is 30.2 Å². The summed E-state index contributed by atoms with van der Waals surface area (Å²) in [6.07, 6.45) is 6.88. The molecule has 2 N–H and O–H groups in total. The average molecular weight is 452 g/mol. The lowest BCUT2D eigenvalue weighted by atomic mass is 9.88. The summed E-state index contributed by atoms with van der Waals surface area (Å²) in [5.74, 6) is 1.08. The summed E-state index contributed by atoms with van der Waals surface area (Å²) < 4.78 is 5.79. The van der Waals surface area contributed by atoms with E-state index in [1.807, 2.05) is 67.6 Å². The van der Waals surface area contributed by atoms with Gasteiger partial charge in [0.25, 0.3) is 5.91 Å². The van der Waals surface area contributed by atoms with Crippen molar-refractivity contribution in [2.75, 3.05) is 5.32 Å². The fourth-order valence-corrected chi connectivity index (χ4v) is 4.18. The molecule has 0 bridgehead atoms.